The molecular formula is C24H40N2O6Si. The van der Waals surface area contributed by atoms with Crippen LogP contribution in [0.2, 0.25) is 25.7 Å². The van der Waals surface area contributed by atoms with Crippen LogP contribution in [0, 0.1) is 0 Å². The maximum absolute atomic E-state index is 13.1. The highest BCUT2D eigenvalue weighted by atomic mass is 28.3. The van der Waals surface area contributed by atoms with Gasteiger partial charge in [0.25, 0.3) is 0 Å². The predicted molar refractivity (Wildman–Crippen MR) is 133 cm³/mol. The fourth-order valence-electron chi connectivity index (χ4n) is 2.44. The molecule has 0 bridgehead atoms. The molecule has 0 atom stereocenters. The lowest BCUT2D eigenvalue weighted by Gasteiger charge is -2.28. The summed E-state index contributed by atoms with van der Waals surface area (Å²) in [6.07, 6.45) is -1.49. The Morgan fingerprint density at radius 2 is 1.48 bits per heavy atom. The minimum Gasteiger partial charge on any atom is -0.497 e. The van der Waals surface area contributed by atoms with E-state index in [1.54, 1.807) is 72.9 Å². The van der Waals surface area contributed by atoms with Gasteiger partial charge >= 0.3 is 12.2 Å². The normalized spacial score (nSPS) is 12.8. The van der Waals surface area contributed by atoms with E-state index in [1.807, 2.05) is 0 Å². The van der Waals surface area contributed by atoms with Crippen LogP contribution < -0.4 is 4.74 Å². The van der Waals surface area contributed by atoms with Crippen LogP contribution in [0.3, 0.4) is 0 Å². The topological polar surface area (TPSA) is 86.7 Å². The number of methoxy groups -OCH3 is 1. The molecule has 8 nitrogen and oxygen atoms in total. The number of amides is 2. The zero-order valence-electron chi connectivity index (χ0n) is 21.8. The molecule has 0 spiro atoms. The minimum atomic E-state index is -1.33. The lowest BCUT2D eigenvalue weighted by atomic mass is 10.2. The van der Waals surface area contributed by atoms with Crippen molar-refractivity contribution in [2.24, 2.45) is 4.99 Å². The Morgan fingerprint density at radius 3 is 1.94 bits per heavy atom. The summed E-state index contributed by atoms with van der Waals surface area (Å²) in [5, 5.41) is 0. The molecule has 0 N–H and O–H groups in total. The molecule has 33 heavy (non-hydrogen) atoms. The van der Waals surface area contributed by atoms with E-state index >= 15 is 0 Å². The van der Waals surface area contributed by atoms with Crippen LogP contribution in [0.1, 0.15) is 47.1 Å². The number of hydrogen-bond donors (Lipinski definition) is 0. The van der Waals surface area contributed by atoms with Crippen LogP contribution in [-0.2, 0) is 14.2 Å². The third-order valence-corrected chi connectivity index (χ3v) is 5.73. The molecule has 1 rings (SSSR count). The number of ether oxygens (including phenoxy) is 4. The van der Waals surface area contributed by atoms with Crippen molar-refractivity contribution in [2.45, 2.75) is 78.4 Å². The highest BCUT2D eigenvalue weighted by Gasteiger charge is 2.29. The molecule has 0 aliphatic heterocycles. The van der Waals surface area contributed by atoms with E-state index in [9.17, 15) is 9.59 Å². The second kappa shape index (κ2) is 11.6. The van der Waals surface area contributed by atoms with Gasteiger partial charge in [-0.2, -0.15) is 4.99 Å². The molecule has 0 radical (unpaired) electrons. The molecule has 1 aromatic rings. The molecule has 0 aliphatic rings. The van der Waals surface area contributed by atoms with Gasteiger partial charge in [0.15, 0.2) is 5.84 Å². The molecular weight excluding hydrogens is 440 g/mol. The van der Waals surface area contributed by atoms with Crippen molar-refractivity contribution in [1.29, 1.82) is 0 Å². The first-order valence-electron chi connectivity index (χ1n) is 11.1. The third kappa shape index (κ3) is 11.9. The zero-order chi connectivity index (χ0) is 25.4. The lowest BCUT2D eigenvalue weighted by molar-refractivity contribution is 0.0105. The van der Waals surface area contributed by atoms with Crippen LogP contribution in [0.5, 0.6) is 5.75 Å². The van der Waals surface area contributed by atoms with Crippen molar-refractivity contribution in [3.8, 4) is 5.75 Å². The molecule has 9 heteroatoms. The summed E-state index contributed by atoms with van der Waals surface area (Å²) < 4.78 is 22.0. The van der Waals surface area contributed by atoms with Gasteiger partial charge in [-0.05, 0) is 71.9 Å². The van der Waals surface area contributed by atoms with Crippen LogP contribution >= 0.6 is 0 Å². The van der Waals surface area contributed by atoms with Crippen LogP contribution in [0.25, 0.3) is 0 Å². The number of hydrogen-bond acceptors (Lipinski definition) is 6. The number of rotatable bonds is 7. The molecule has 0 aromatic heterocycles. The fourth-order valence-corrected chi connectivity index (χ4v) is 3.20. The van der Waals surface area contributed by atoms with Crippen LogP contribution in [-0.4, -0.2) is 62.6 Å². The number of nitrogens with zero attached hydrogens (tertiary/aromatic N) is 2. The second-order valence-corrected chi connectivity index (χ2v) is 16.5. The molecule has 0 aliphatic carbocycles. The molecule has 186 valence electrons. The largest absolute Gasteiger partial charge is 0.497 e. The number of benzene rings is 1. The predicted octanol–water partition coefficient (Wildman–Crippen LogP) is 5.93. The van der Waals surface area contributed by atoms with E-state index < -0.39 is 31.5 Å². The van der Waals surface area contributed by atoms with Crippen molar-refractivity contribution in [2.75, 3.05) is 20.4 Å². The first-order valence-corrected chi connectivity index (χ1v) is 14.8. The summed E-state index contributed by atoms with van der Waals surface area (Å²) >= 11 is 0. The average Bonchev–Trinajstić information content (AvgIpc) is 2.63. The van der Waals surface area contributed by atoms with E-state index in [0.717, 1.165) is 6.04 Å². The number of aliphatic imine (C=N–C) groups is 1. The van der Waals surface area contributed by atoms with Crippen molar-refractivity contribution in [1.82, 2.24) is 4.90 Å². The first-order chi connectivity index (χ1) is 15.0. The third-order valence-electron chi connectivity index (χ3n) is 4.03. The van der Waals surface area contributed by atoms with Crippen molar-refractivity contribution < 1.29 is 28.5 Å². The van der Waals surface area contributed by atoms with Crippen molar-refractivity contribution >= 4 is 26.1 Å². The maximum atomic E-state index is 13.1. The van der Waals surface area contributed by atoms with Crippen molar-refractivity contribution in [3.05, 3.63) is 29.8 Å². The summed E-state index contributed by atoms with van der Waals surface area (Å²) in [7, 11) is 0.232. The highest BCUT2D eigenvalue weighted by Crippen LogP contribution is 2.18. The Kier molecular flexibility index (Phi) is 10.1. The van der Waals surface area contributed by atoms with Gasteiger partial charge in [0.05, 0.1) is 7.11 Å². The number of carbonyl (C=O) groups excluding carboxylic acids is 2. The summed E-state index contributed by atoms with van der Waals surface area (Å²) in [4.78, 5) is 31.1. The Labute approximate surface area is 199 Å². The molecule has 0 saturated heterocycles. The van der Waals surface area contributed by atoms with Crippen LogP contribution in [0.4, 0.5) is 9.59 Å². The molecule has 1 aromatic carbocycles. The SMILES string of the molecule is COc1ccc(/C(=N\C(=O)OC(C)(C)C)N(COCC[Si](C)(C)C)C(=O)OC(C)(C)C)cc1. The Hall–Kier alpha value is -2.39. The van der Waals surface area contributed by atoms with Crippen molar-refractivity contribution in [3.63, 3.8) is 0 Å². The molecule has 0 unspecified atom stereocenters. The van der Waals surface area contributed by atoms with Gasteiger partial charge in [0.1, 0.15) is 23.7 Å². The standard InChI is InChI=1S/C24H40N2O6Si/c1-23(2,3)31-21(27)25-20(18-11-13-19(29-7)14-12-18)26(22(28)32-24(4,5)6)17-30-15-16-33(8,9)10/h11-14H,15-17H2,1-10H3/b25-20+. The fraction of sp³-hybridized carbons (Fsp3) is 0.625. The summed E-state index contributed by atoms with van der Waals surface area (Å²) in [6.45, 7) is 17.7. The van der Waals surface area contributed by atoms with Gasteiger partial charge in [0.2, 0.25) is 0 Å². The number of carbonyl (C=O) groups is 2. The monoisotopic (exact) mass is 480 g/mol. The van der Waals surface area contributed by atoms with Crippen LogP contribution in [0.15, 0.2) is 29.3 Å². The smallest absolute Gasteiger partial charge is 0.436 e. The second-order valence-electron chi connectivity index (χ2n) is 10.9. The summed E-state index contributed by atoms with van der Waals surface area (Å²) in [6, 6.07) is 7.79. The van der Waals surface area contributed by atoms with Gasteiger partial charge in [-0.3, -0.25) is 0 Å². The summed E-state index contributed by atoms with van der Waals surface area (Å²) in [5.74, 6) is 0.708. The molecule has 0 saturated carbocycles. The van der Waals surface area contributed by atoms with Gasteiger partial charge in [0, 0.05) is 20.2 Å². The Bertz CT molecular complexity index is 817. The number of amidine groups is 1. The van der Waals surface area contributed by atoms with E-state index in [0.29, 0.717) is 17.9 Å². The lowest BCUT2D eigenvalue weighted by Crippen LogP contribution is -2.43. The van der Waals surface area contributed by atoms with Gasteiger partial charge in [-0.25, -0.2) is 14.5 Å². The minimum absolute atomic E-state index is 0.0779. The first kappa shape index (κ1) is 28.6. The Morgan fingerprint density at radius 1 is 0.939 bits per heavy atom. The van der Waals surface area contributed by atoms with Gasteiger partial charge < -0.3 is 18.9 Å². The van der Waals surface area contributed by atoms with E-state index in [1.165, 1.54) is 4.90 Å². The van der Waals surface area contributed by atoms with Gasteiger partial charge in [-0.15, -0.1) is 0 Å². The average molecular weight is 481 g/mol. The van der Waals surface area contributed by atoms with E-state index in [2.05, 4.69) is 24.6 Å². The zero-order valence-corrected chi connectivity index (χ0v) is 22.8. The van der Waals surface area contributed by atoms with E-state index in [4.69, 9.17) is 18.9 Å². The maximum Gasteiger partial charge on any atom is 0.436 e. The molecule has 0 fully saturated rings. The summed E-state index contributed by atoms with van der Waals surface area (Å²) in [5.41, 5.74) is -0.970. The van der Waals surface area contributed by atoms with Gasteiger partial charge in [-0.1, -0.05) is 19.6 Å². The quantitative estimate of drug-likeness (QED) is 0.158. The van der Waals surface area contributed by atoms with E-state index in [-0.39, 0.29) is 12.6 Å². The molecule has 0 heterocycles. The molecule has 2 amide bonds. The Balaban J connectivity index is 3.38. The highest BCUT2D eigenvalue weighted by molar-refractivity contribution is 6.76.